The molecule has 0 aliphatic heterocycles. The molecule has 0 aliphatic rings. The summed E-state index contributed by atoms with van der Waals surface area (Å²) < 4.78 is 16.2. The van der Waals surface area contributed by atoms with E-state index in [2.05, 4.69) is 22.6 Å². The summed E-state index contributed by atoms with van der Waals surface area (Å²) in [6, 6.07) is 25.4. The van der Waals surface area contributed by atoms with E-state index >= 15 is 0 Å². The zero-order valence-corrected chi connectivity index (χ0v) is 18.2. The Morgan fingerprint density at radius 3 is 2.19 bits per heavy atom. The largest absolute Gasteiger partial charge is 0.497 e. The van der Waals surface area contributed by atoms with Crippen molar-refractivity contribution in [1.29, 1.82) is 0 Å². The van der Waals surface area contributed by atoms with Crippen LogP contribution in [0.4, 0.5) is 10.5 Å². The van der Waals surface area contributed by atoms with Gasteiger partial charge in [0.25, 0.3) is 0 Å². The van der Waals surface area contributed by atoms with Crippen molar-refractivity contribution in [2.75, 3.05) is 12.4 Å². The second-order valence-corrected chi connectivity index (χ2v) is 7.36. The number of carbonyl (C=O) groups is 1. The third kappa shape index (κ3) is 4.64. The minimum Gasteiger partial charge on any atom is -0.497 e. The lowest BCUT2D eigenvalue weighted by Gasteiger charge is -2.15. The molecule has 0 bridgehead atoms. The van der Waals surface area contributed by atoms with Crippen LogP contribution in [0.25, 0.3) is 22.5 Å². The van der Waals surface area contributed by atoms with Gasteiger partial charge in [-0.2, -0.15) is 0 Å². The molecule has 0 radical (unpaired) electrons. The molecule has 0 aliphatic carbocycles. The molecule has 0 fully saturated rings. The van der Waals surface area contributed by atoms with Crippen LogP contribution in [-0.2, 0) is 4.74 Å². The van der Waals surface area contributed by atoms with Crippen LogP contribution in [0.3, 0.4) is 0 Å². The summed E-state index contributed by atoms with van der Waals surface area (Å²) in [5, 5.41) is 6.81. The first-order valence-electron chi connectivity index (χ1n) is 10.3. The van der Waals surface area contributed by atoms with Crippen molar-refractivity contribution in [3.63, 3.8) is 0 Å². The van der Waals surface area contributed by atoms with Crippen molar-refractivity contribution in [3.8, 4) is 28.2 Å². The van der Waals surface area contributed by atoms with E-state index < -0.39 is 12.2 Å². The Bertz CT molecular complexity index is 1180. The molecule has 1 atom stereocenters. The molecule has 3 aromatic carbocycles. The van der Waals surface area contributed by atoms with Gasteiger partial charge in [-0.3, -0.25) is 5.32 Å². The molecule has 1 amide bonds. The molecule has 0 unspecified atom stereocenters. The Hall–Kier alpha value is -4.06. The summed E-state index contributed by atoms with van der Waals surface area (Å²) in [5.74, 6) is 1.23. The topological polar surface area (TPSA) is 73.6 Å². The molecule has 162 valence electrons. The number of benzene rings is 3. The third-order valence-electron chi connectivity index (χ3n) is 5.21. The molecule has 4 rings (SSSR count). The average Bonchev–Trinajstić information content (AvgIpc) is 3.19. The number of hydrogen-bond acceptors (Lipinski definition) is 5. The summed E-state index contributed by atoms with van der Waals surface area (Å²) in [5.41, 5.74) is 4.95. The fraction of sp³-hybridized carbons (Fsp3) is 0.154. The van der Waals surface area contributed by atoms with Gasteiger partial charge < -0.3 is 14.0 Å². The normalized spacial score (nSPS) is 11.6. The van der Waals surface area contributed by atoms with E-state index in [1.807, 2.05) is 73.7 Å². The number of anilines is 1. The zero-order chi connectivity index (χ0) is 22.5. The fourth-order valence-electron chi connectivity index (χ4n) is 3.39. The standard InChI is InChI=1S/C26H24N2O4/c1-17-24(27-26(29)31-18(2)19-13-15-23(30-3)16-14-19)25(32-28-17)22-11-9-21(10-12-22)20-7-5-4-6-8-20/h4-16,18H,1-3H3,(H,27,29)/t18-/m1/s1. The fourth-order valence-corrected chi connectivity index (χ4v) is 3.39. The summed E-state index contributed by atoms with van der Waals surface area (Å²) in [6.07, 6.45) is -1.02. The number of nitrogens with zero attached hydrogens (tertiary/aromatic N) is 1. The highest BCUT2D eigenvalue weighted by atomic mass is 16.6. The van der Waals surface area contributed by atoms with E-state index in [4.69, 9.17) is 14.0 Å². The van der Waals surface area contributed by atoms with Gasteiger partial charge in [-0.1, -0.05) is 71.9 Å². The second-order valence-electron chi connectivity index (χ2n) is 7.36. The molecule has 0 spiro atoms. The molecule has 1 aromatic heterocycles. The number of hydrogen-bond donors (Lipinski definition) is 1. The van der Waals surface area contributed by atoms with E-state index in [-0.39, 0.29) is 0 Å². The van der Waals surface area contributed by atoms with Crippen LogP contribution < -0.4 is 10.1 Å². The Labute approximate surface area is 186 Å². The number of nitrogens with one attached hydrogen (secondary N) is 1. The van der Waals surface area contributed by atoms with Crippen molar-refractivity contribution in [1.82, 2.24) is 5.16 Å². The van der Waals surface area contributed by atoms with Crippen LogP contribution in [0.1, 0.15) is 24.3 Å². The maximum absolute atomic E-state index is 12.6. The van der Waals surface area contributed by atoms with Gasteiger partial charge in [0, 0.05) is 5.56 Å². The highest BCUT2D eigenvalue weighted by molar-refractivity contribution is 5.91. The first-order valence-corrected chi connectivity index (χ1v) is 10.3. The number of aryl methyl sites for hydroxylation is 1. The van der Waals surface area contributed by atoms with Crippen molar-refractivity contribution >= 4 is 11.8 Å². The van der Waals surface area contributed by atoms with Crippen LogP contribution in [0.2, 0.25) is 0 Å². The lowest BCUT2D eigenvalue weighted by Crippen LogP contribution is -2.16. The van der Waals surface area contributed by atoms with E-state index in [1.54, 1.807) is 14.0 Å². The summed E-state index contributed by atoms with van der Waals surface area (Å²) in [6.45, 7) is 3.58. The highest BCUT2D eigenvalue weighted by Crippen LogP contribution is 2.33. The monoisotopic (exact) mass is 428 g/mol. The molecular weight excluding hydrogens is 404 g/mol. The van der Waals surface area contributed by atoms with E-state index in [9.17, 15) is 4.79 Å². The van der Waals surface area contributed by atoms with Gasteiger partial charge in [0.05, 0.1) is 7.11 Å². The molecule has 1 heterocycles. The Balaban J connectivity index is 1.48. The molecule has 6 heteroatoms. The quantitative estimate of drug-likeness (QED) is 0.373. The predicted octanol–water partition coefficient (Wildman–Crippen LogP) is 6.64. The lowest BCUT2D eigenvalue weighted by atomic mass is 10.0. The van der Waals surface area contributed by atoms with Crippen LogP contribution in [0, 0.1) is 6.92 Å². The highest BCUT2D eigenvalue weighted by Gasteiger charge is 2.20. The van der Waals surface area contributed by atoms with E-state index in [1.165, 1.54) is 0 Å². The van der Waals surface area contributed by atoms with E-state index in [0.29, 0.717) is 17.1 Å². The molecule has 1 N–H and O–H groups in total. The van der Waals surface area contributed by atoms with Gasteiger partial charge >= 0.3 is 6.09 Å². The smallest absolute Gasteiger partial charge is 0.412 e. The lowest BCUT2D eigenvalue weighted by molar-refractivity contribution is 0.121. The Morgan fingerprint density at radius 2 is 1.53 bits per heavy atom. The van der Waals surface area contributed by atoms with Gasteiger partial charge in [0.2, 0.25) is 0 Å². The molecule has 6 nitrogen and oxygen atoms in total. The number of aromatic nitrogens is 1. The van der Waals surface area contributed by atoms with Gasteiger partial charge in [0.15, 0.2) is 5.76 Å². The van der Waals surface area contributed by atoms with Crippen molar-refractivity contribution in [2.24, 2.45) is 0 Å². The Morgan fingerprint density at radius 1 is 0.906 bits per heavy atom. The maximum Gasteiger partial charge on any atom is 0.412 e. The first kappa shape index (κ1) is 21.2. The number of ether oxygens (including phenoxy) is 2. The number of rotatable bonds is 6. The Kier molecular flexibility index (Phi) is 6.22. The predicted molar refractivity (Wildman–Crippen MR) is 124 cm³/mol. The minimum absolute atomic E-state index is 0.435. The van der Waals surface area contributed by atoms with Crippen molar-refractivity contribution < 1.29 is 18.8 Å². The summed E-state index contributed by atoms with van der Waals surface area (Å²) in [7, 11) is 1.61. The van der Waals surface area contributed by atoms with E-state index in [0.717, 1.165) is 28.0 Å². The van der Waals surface area contributed by atoms with Gasteiger partial charge in [-0.05, 0) is 42.7 Å². The van der Waals surface area contributed by atoms with Gasteiger partial charge in [-0.25, -0.2) is 4.79 Å². The molecule has 32 heavy (non-hydrogen) atoms. The first-order chi connectivity index (χ1) is 15.5. The number of methoxy groups -OCH3 is 1. The van der Waals surface area contributed by atoms with Gasteiger partial charge in [0.1, 0.15) is 23.2 Å². The summed E-state index contributed by atoms with van der Waals surface area (Å²) >= 11 is 0. The van der Waals surface area contributed by atoms with Crippen LogP contribution in [0.5, 0.6) is 5.75 Å². The SMILES string of the molecule is COc1ccc([C@@H](C)OC(=O)Nc2c(C)noc2-c2ccc(-c3ccccc3)cc2)cc1. The molecular formula is C26H24N2O4. The number of amides is 1. The zero-order valence-electron chi connectivity index (χ0n) is 18.2. The van der Waals surface area contributed by atoms with Crippen LogP contribution >= 0.6 is 0 Å². The van der Waals surface area contributed by atoms with Crippen LogP contribution in [-0.4, -0.2) is 18.4 Å². The summed E-state index contributed by atoms with van der Waals surface area (Å²) in [4.78, 5) is 12.6. The van der Waals surface area contributed by atoms with Crippen LogP contribution in [0.15, 0.2) is 83.4 Å². The molecule has 4 aromatic rings. The molecule has 0 saturated heterocycles. The number of carbonyl (C=O) groups excluding carboxylic acids is 1. The van der Waals surface area contributed by atoms with Crippen molar-refractivity contribution in [3.05, 3.63) is 90.1 Å². The van der Waals surface area contributed by atoms with Crippen molar-refractivity contribution in [2.45, 2.75) is 20.0 Å². The third-order valence-corrected chi connectivity index (χ3v) is 5.21. The maximum atomic E-state index is 12.6. The van der Waals surface area contributed by atoms with Gasteiger partial charge in [-0.15, -0.1) is 0 Å². The average molecular weight is 428 g/mol. The minimum atomic E-state index is -0.582. The second kappa shape index (κ2) is 9.39. The molecule has 0 saturated carbocycles.